The van der Waals surface area contributed by atoms with Crippen LogP contribution >= 0.6 is 0 Å². The predicted octanol–water partition coefficient (Wildman–Crippen LogP) is 4.16. The average molecular weight is 226 g/mol. The van der Waals surface area contributed by atoms with Gasteiger partial charge in [-0.3, -0.25) is 4.99 Å². The van der Waals surface area contributed by atoms with E-state index in [0.29, 0.717) is 0 Å². The molecular formula is C14H30N2. The van der Waals surface area contributed by atoms with Crippen molar-refractivity contribution in [2.45, 2.75) is 60.8 Å². The maximum absolute atomic E-state index is 5.51. The fourth-order valence-corrected chi connectivity index (χ4v) is 1.41. The van der Waals surface area contributed by atoms with E-state index in [4.69, 9.17) is 5.73 Å². The van der Waals surface area contributed by atoms with E-state index in [1.54, 1.807) is 6.20 Å². The third kappa shape index (κ3) is 7.49. The Bertz CT molecular complexity index is 201. The van der Waals surface area contributed by atoms with Crippen LogP contribution < -0.4 is 5.73 Å². The van der Waals surface area contributed by atoms with E-state index in [0.717, 1.165) is 30.2 Å². The minimum absolute atomic E-state index is 0.723. The molecule has 0 aromatic heterocycles. The summed E-state index contributed by atoms with van der Waals surface area (Å²) in [7, 11) is 0. The highest BCUT2D eigenvalue weighted by Gasteiger charge is 2.03. The Morgan fingerprint density at radius 3 is 2.00 bits per heavy atom. The summed E-state index contributed by atoms with van der Waals surface area (Å²) >= 11 is 0. The lowest BCUT2D eigenvalue weighted by atomic mass is 10.0. The third-order valence-electron chi connectivity index (χ3n) is 2.79. The molecule has 0 heterocycles. The van der Waals surface area contributed by atoms with Crippen LogP contribution in [0.1, 0.15) is 60.8 Å². The Labute approximate surface area is 102 Å². The van der Waals surface area contributed by atoms with Crippen LogP contribution in [0.2, 0.25) is 0 Å². The molecule has 0 fully saturated rings. The van der Waals surface area contributed by atoms with E-state index in [1.165, 1.54) is 12.8 Å². The smallest absolute Gasteiger partial charge is 0.0420 e. The van der Waals surface area contributed by atoms with E-state index in [9.17, 15) is 0 Å². The molecule has 0 unspecified atom stereocenters. The highest BCUT2D eigenvalue weighted by Crippen LogP contribution is 2.09. The van der Waals surface area contributed by atoms with Crippen LogP contribution in [-0.4, -0.2) is 12.3 Å². The highest BCUT2D eigenvalue weighted by atomic mass is 14.7. The molecule has 0 saturated carbocycles. The number of aliphatic imine (C=N–C) groups is 1. The summed E-state index contributed by atoms with van der Waals surface area (Å²) in [5, 5.41) is 0. The number of nitrogens with zero attached hydrogens (tertiary/aromatic N) is 1. The molecule has 2 heteroatoms. The first-order chi connectivity index (χ1) is 7.69. The van der Waals surface area contributed by atoms with Gasteiger partial charge in [0.1, 0.15) is 0 Å². The lowest BCUT2D eigenvalue weighted by molar-refractivity contribution is 0.506. The van der Waals surface area contributed by atoms with Gasteiger partial charge in [-0.25, -0.2) is 0 Å². The number of rotatable bonds is 6. The lowest BCUT2D eigenvalue weighted by Gasteiger charge is -2.10. The zero-order chi connectivity index (χ0) is 13.0. The van der Waals surface area contributed by atoms with E-state index in [-0.39, 0.29) is 0 Å². The number of nitrogens with two attached hydrogens (primary N) is 1. The molecule has 16 heavy (non-hydrogen) atoms. The first-order valence-electron chi connectivity index (χ1n) is 6.61. The molecule has 0 atom stereocenters. The van der Waals surface area contributed by atoms with Crippen LogP contribution in [0, 0.1) is 5.92 Å². The van der Waals surface area contributed by atoms with Gasteiger partial charge in [-0.1, -0.05) is 47.5 Å². The van der Waals surface area contributed by atoms with Gasteiger partial charge >= 0.3 is 0 Å². The van der Waals surface area contributed by atoms with Gasteiger partial charge in [0.05, 0.1) is 0 Å². The molecule has 0 aliphatic heterocycles. The molecule has 96 valence electrons. The van der Waals surface area contributed by atoms with Gasteiger partial charge in [0.15, 0.2) is 0 Å². The second kappa shape index (κ2) is 12.3. The lowest BCUT2D eigenvalue weighted by Crippen LogP contribution is -2.06. The van der Waals surface area contributed by atoms with Gasteiger partial charge in [-0.05, 0) is 31.0 Å². The first-order valence-corrected chi connectivity index (χ1v) is 6.61. The molecule has 0 aliphatic carbocycles. The molecule has 2 nitrogen and oxygen atoms in total. The molecule has 0 bridgehead atoms. The van der Waals surface area contributed by atoms with Crippen molar-refractivity contribution in [3.63, 3.8) is 0 Å². The second-order valence-electron chi connectivity index (χ2n) is 3.65. The number of hydrogen-bond donors (Lipinski definition) is 1. The summed E-state index contributed by atoms with van der Waals surface area (Å²) < 4.78 is 0. The summed E-state index contributed by atoms with van der Waals surface area (Å²) in [6, 6.07) is 0. The Morgan fingerprint density at radius 1 is 1.19 bits per heavy atom. The molecular weight excluding hydrogens is 196 g/mol. The van der Waals surface area contributed by atoms with Crippen LogP contribution in [0.3, 0.4) is 0 Å². The third-order valence-corrected chi connectivity index (χ3v) is 2.79. The minimum Gasteiger partial charge on any atom is -0.404 e. The largest absolute Gasteiger partial charge is 0.404 e. The van der Waals surface area contributed by atoms with Gasteiger partial charge in [0.2, 0.25) is 0 Å². The summed E-state index contributed by atoms with van der Waals surface area (Å²) in [5.74, 6) is 0.723. The van der Waals surface area contributed by atoms with Crippen molar-refractivity contribution in [3.05, 3.63) is 11.8 Å². The Morgan fingerprint density at radius 2 is 1.69 bits per heavy atom. The van der Waals surface area contributed by atoms with Crippen LogP contribution in [-0.2, 0) is 0 Å². The van der Waals surface area contributed by atoms with Crippen molar-refractivity contribution in [1.82, 2.24) is 0 Å². The van der Waals surface area contributed by atoms with Crippen molar-refractivity contribution in [2.75, 3.05) is 6.54 Å². The number of hydrogen-bond acceptors (Lipinski definition) is 2. The molecule has 0 spiro atoms. The molecule has 2 N–H and O–H groups in total. The van der Waals surface area contributed by atoms with E-state index < -0.39 is 0 Å². The van der Waals surface area contributed by atoms with Crippen LogP contribution in [0.15, 0.2) is 16.8 Å². The van der Waals surface area contributed by atoms with E-state index >= 15 is 0 Å². The molecule has 0 aliphatic rings. The molecule has 0 radical (unpaired) electrons. The quantitative estimate of drug-likeness (QED) is 0.678. The molecule has 0 saturated heterocycles. The maximum Gasteiger partial charge on any atom is 0.0420 e. The minimum atomic E-state index is 0.723. The molecule has 0 aromatic carbocycles. The van der Waals surface area contributed by atoms with Crippen LogP contribution in [0.4, 0.5) is 0 Å². The van der Waals surface area contributed by atoms with Crippen LogP contribution in [0.25, 0.3) is 0 Å². The van der Waals surface area contributed by atoms with Crippen LogP contribution in [0.5, 0.6) is 0 Å². The number of allylic oxidation sites excluding steroid dienone is 1. The Kier molecular flexibility index (Phi) is 13.5. The van der Waals surface area contributed by atoms with Crippen molar-refractivity contribution in [2.24, 2.45) is 16.6 Å². The Hall–Kier alpha value is -0.790. The summed E-state index contributed by atoms with van der Waals surface area (Å²) in [4.78, 5) is 4.58. The fraction of sp³-hybridized carbons (Fsp3) is 0.786. The summed E-state index contributed by atoms with van der Waals surface area (Å²) in [6.07, 6.45) is 5.06. The highest BCUT2D eigenvalue weighted by molar-refractivity contribution is 5.97. The van der Waals surface area contributed by atoms with Crippen molar-refractivity contribution in [3.8, 4) is 0 Å². The van der Waals surface area contributed by atoms with E-state index in [2.05, 4.69) is 25.8 Å². The zero-order valence-corrected chi connectivity index (χ0v) is 12.0. The fourth-order valence-electron chi connectivity index (χ4n) is 1.41. The summed E-state index contributed by atoms with van der Waals surface area (Å²) in [5.41, 5.74) is 7.77. The van der Waals surface area contributed by atoms with E-state index in [1.807, 2.05) is 20.8 Å². The van der Waals surface area contributed by atoms with Gasteiger partial charge in [0.25, 0.3) is 0 Å². The molecule has 0 aromatic rings. The predicted molar refractivity (Wildman–Crippen MR) is 76.0 cm³/mol. The topological polar surface area (TPSA) is 38.4 Å². The maximum atomic E-state index is 5.51. The molecule has 0 rings (SSSR count). The van der Waals surface area contributed by atoms with Gasteiger partial charge in [-0.15, -0.1) is 0 Å². The van der Waals surface area contributed by atoms with Gasteiger partial charge in [0, 0.05) is 12.3 Å². The van der Waals surface area contributed by atoms with Gasteiger partial charge < -0.3 is 5.73 Å². The SMILES string of the molecule is CC.CC/C(=C/N)C(C)=NCC(CC)CC. The normalized spacial score (nSPS) is 12.4. The summed E-state index contributed by atoms with van der Waals surface area (Å²) in [6.45, 7) is 13.5. The van der Waals surface area contributed by atoms with Crippen molar-refractivity contribution >= 4 is 5.71 Å². The monoisotopic (exact) mass is 226 g/mol. The average Bonchev–Trinajstić information content (AvgIpc) is 2.34. The van der Waals surface area contributed by atoms with Crippen molar-refractivity contribution < 1.29 is 0 Å². The zero-order valence-electron chi connectivity index (χ0n) is 12.0. The van der Waals surface area contributed by atoms with Gasteiger partial charge in [-0.2, -0.15) is 0 Å². The second-order valence-corrected chi connectivity index (χ2v) is 3.65. The van der Waals surface area contributed by atoms with Crippen molar-refractivity contribution in [1.29, 1.82) is 0 Å². The molecule has 0 amide bonds. The first kappa shape index (κ1) is 17.6. The Balaban J connectivity index is 0. The standard InChI is InChI=1S/C12H24N2.C2H6/c1-5-11(6-2)9-14-10(4)12(7-3)8-13;1-2/h8,11H,5-7,9,13H2,1-4H3;1-2H3/b12-8-,14-10?;.